The summed E-state index contributed by atoms with van der Waals surface area (Å²) in [6, 6.07) is 0. The van der Waals surface area contributed by atoms with Gasteiger partial charge in [-0.25, -0.2) is 0 Å². The molecule has 1 amide bonds. The second-order valence-electron chi connectivity index (χ2n) is 12.1. The number of fused-ring (bicyclic) bond motifs is 5. The van der Waals surface area contributed by atoms with E-state index in [4.69, 9.17) is 0 Å². The third-order valence-corrected chi connectivity index (χ3v) is 10.7. The fourth-order valence-electron chi connectivity index (χ4n) is 9.07. The van der Waals surface area contributed by atoms with Gasteiger partial charge in [-0.1, -0.05) is 20.8 Å². The molecular weight excluding hydrogens is 429 g/mol. The van der Waals surface area contributed by atoms with E-state index in [1.807, 2.05) is 0 Å². The zero-order valence-electron chi connectivity index (χ0n) is 21.0. The minimum atomic E-state index is -1.26. The molecule has 0 aromatic carbocycles. The topological polar surface area (TPSA) is 110 Å². The SMILES string of the molecule is C[C@H](CCC(=O)NCC(=O)[O-])[C@H]1CC[C@H]2[C@@H]3C[C@H](O)C4C[C@H](O)CC[C@]4(C)[C@H]3CC[C@]12C.[Na+]. The molecule has 0 saturated heterocycles. The molecule has 0 aliphatic heterocycles. The summed E-state index contributed by atoms with van der Waals surface area (Å²) in [4.78, 5) is 22.6. The van der Waals surface area contributed by atoms with Crippen molar-refractivity contribution in [2.45, 2.75) is 97.2 Å². The number of hydrogen-bond acceptors (Lipinski definition) is 5. The Balaban J connectivity index is 0.00000306. The molecule has 4 saturated carbocycles. The van der Waals surface area contributed by atoms with Crippen LogP contribution in [0.2, 0.25) is 0 Å². The van der Waals surface area contributed by atoms with Gasteiger partial charge in [-0.2, -0.15) is 0 Å². The molecule has 4 fully saturated rings. The molecule has 3 N–H and O–H groups in total. The Bertz CT molecular complexity index is 733. The van der Waals surface area contributed by atoms with Crippen LogP contribution in [0.15, 0.2) is 0 Å². The van der Waals surface area contributed by atoms with E-state index >= 15 is 0 Å². The van der Waals surface area contributed by atoms with Crippen LogP contribution >= 0.6 is 0 Å². The first kappa shape index (κ1) is 27.4. The minimum Gasteiger partial charge on any atom is -0.548 e. The van der Waals surface area contributed by atoms with E-state index in [2.05, 4.69) is 26.1 Å². The van der Waals surface area contributed by atoms with Gasteiger partial charge in [0.05, 0.1) is 24.7 Å². The van der Waals surface area contributed by atoms with E-state index in [9.17, 15) is 24.9 Å². The quantitative estimate of drug-likeness (QED) is 0.442. The van der Waals surface area contributed by atoms with Crippen LogP contribution in [0, 0.1) is 46.3 Å². The van der Waals surface area contributed by atoms with Gasteiger partial charge in [0.15, 0.2) is 0 Å². The van der Waals surface area contributed by atoms with Gasteiger partial charge in [0.1, 0.15) is 0 Å². The molecule has 1 unspecified atom stereocenters. The van der Waals surface area contributed by atoms with Crippen LogP contribution in [0.25, 0.3) is 0 Å². The van der Waals surface area contributed by atoms with E-state index < -0.39 is 12.5 Å². The van der Waals surface area contributed by atoms with E-state index in [0.717, 1.165) is 32.1 Å². The molecule has 182 valence electrons. The predicted octanol–water partition coefficient (Wildman–Crippen LogP) is -0.737. The van der Waals surface area contributed by atoms with Crippen molar-refractivity contribution in [3.05, 3.63) is 0 Å². The molecule has 0 aromatic rings. The third kappa shape index (κ3) is 5.07. The largest absolute Gasteiger partial charge is 1.00 e. The fraction of sp³-hybridized carbons (Fsp3) is 0.923. The van der Waals surface area contributed by atoms with Crippen molar-refractivity contribution in [1.82, 2.24) is 5.32 Å². The number of aliphatic hydroxyl groups is 2. The van der Waals surface area contributed by atoms with E-state index in [1.54, 1.807) is 0 Å². The van der Waals surface area contributed by atoms with E-state index in [0.29, 0.717) is 36.0 Å². The van der Waals surface area contributed by atoms with Crippen molar-refractivity contribution < 1.29 is 54.5 Å². The minimum absolute atomic E-state index is 0. The van der Waals surface area contributed by atoms with Gasteiger partial charge in [0.25, 0.3) is 0 Å². The van der Waals surface area contributed by atoms with Crippen LogP contribution in [0.3, 0.4) is 0 Å². The summed E-state index contributed by atoms with van der Waals surface area (Å²) in [7, 11) is 0. The molecule has 6 nitrogen and oxygen atoms in total. The van der Waals surface area contributed by atoms with Crippen molar-refractivity contribution in [3.63, 3.8) is 0 Å². The first-order valence-corrected chi connectivity index (χ1v) is 12.9. The number of nitrogens with one attached hydrogen (secondary N) is 1. The maximum absolute atomic E-state index is 12.0. The van der Waals surface area contributed by atoms with Gasteiger partial charge in [0, 0.05) is 6.42 Å². The summed E-state index contributed by atoms with van der Waals surface area (Å²) in [5.74, 6) is 1.57. The zero-order chi connectivity index (χ0) is 23.3. The van der Waals surface area contributed by atoms with Crippen LogP contribution in [-0.4, -0.2) is 40.8 Å². The van der Waals surface area contributed by atoms with Gasteiger partial charge in [-0.3, -0.25) is 4.79 Å². The van der Waals surface area contributed by atoms with Crippen LogP contribution in [-0.2, 0) is 9.59 Å². The van der Waals surface area contributed by atoms with Crippen LogP contribution in [0.1, 0.15) is 85.0 Å². The van der Waals surface area contributed by atoms with E-state index in [-0.39, 0.29) is 64.4 Å². The van der Waals surface area contributed by atoms with Gasteiger partial charge in [-0.15, -0.1) is 0 Å². The molecule has 0 aromatic heterocycles. The maximum atomic E-state index is 12.0. The Labute approximate surface area is 221 Å². The smallest absolute Gasteiger partial charge is 0.548 e. The molecule has 4 aliphatic carbocycles. The second kappa shape index (κ2) is 10.5. The summed E-state index contributed by atoms with van der Waals surface area (Å²) in [6.45, 7) is 6.70. The zero-order valence-corrected chi connectivity index (χ0v) is 23.0. The predicted molar refractivity (Wildman–Crippen MR) is 119 cm³/mol. The Morgan fingerprint density at radius 2 is 1.67 bits per heavy atom. The number of amides is 1. The molecule has 0 heterocycles. The molecule has 4 aliphatic rings. The molecule has 0 spiro atoms. The first-order valence-electron chi connectivity index (χ1n) is 12.9. The molecule has 0 radical (unpaired) electrons. The number of rotatable bonds is 6. The Kier molecular flexibility index (Phi) is 8.70. The maximum Gasteiger partial charge on any atom is 1.00 e. The second-order valence-corrected chi connectivity index (χ2v) is 12.1. The number of aliphatic carboxylic acids is 1. The first-order chi connectivity index (χ1) is 15.1. The Morgan fingerprint density at radius 1 is 1.00 bits per heavy atom. The average molecular weight is 472 g/mol. The average Bonchev–Trinajstić information content (AvgIpc) is 3.09. The summed E-state index contributed by atoms with van der Waals surface area (Å²) in [5.41, 5.74) is 0.392. The van der Waals surface area contributed by atoms with Crippen molar-refractivity contribution in [2.75, 3.05) is 6.54 Å². The van der Waals surface area contributed by atoms with Crippen molar-refractivity contribution >= 4 is 11.9 Å². The van der Waals surface area contributed by atoms with Gasteiger partial charge < -0.3 is 25.4 Å². The summed E-state index contributed by atoms with van der Waals surface area (Å²) >= 11 is 0. The monoisotopic (exact) mass is 471 g/mol. The number of carboxylic acids is 1. The molecular formula is C26H42NNaO5. The molecule has 10 atom stereocenters. The standard InChI is InChI=1S/C26H43NO5.Na/c1-15(4-7-23(30)27-14-24(31)32)18-5-6-19-17-13-22(29)21-12-16(28)8-10-26(21,3)20(17)9-11-25(18,19)2;/h15-22,28-29H,4-14H2,1-3H3,(H,27,30)(H,31,32);/q;+1/p-1/t15-,16-,17+,18-,19+,20+,21?,22+,25-,26-;/m1./s1. The number of carboxylic acid groups (broad SMARTS) is 1. The Hall–Kier alpha value is -0.140. The van der Waals surface area contributed by atoms with Crippen LogP contribution < -0.4 is 40.0 Å². The third-order valence-electron chi connectivity index (χ3n) is 10.7. The van der Waals surface area contributed by atoms with Crippen LogP contribution in [0.4, 0.5) is 0 Å². The molecule has 0 bridgehead atoms. The van der Waals surface area contributed by atoms with Crippen molar-refractivity contribution in [3.8, 4) is 0 Å². The van der Waals surface area contributed by atoms with Gasteiger partial charge in [-0.05, 0) is 104 Å². The van der Waals surface area contributed by atoms with Crippen molar-refractivity contribution in [1.29, 1.82) is 0 Å². The number of hydrogen-bond donors (Lipinski definition) is 3. The summed E-state index contributed by atoms with van der Waals surface area (Å²) in [5, 5.41) is 34.4. The molecule has 33 heavy (non-hydrogen) atoms. The van der Waals surface area contributed by atoms with Gasteiger partial charge >= 0.3 is 29.6 Å². The number of carbonyl (C=O) groups is 2. The molecule has 7 heteroatoms. The number of carbonyl (C=O) groups excluding carboxylic acids is 2. The van der Waals surface area contributed by atoms with Crippen molar-refractivity contribution in [2.24, 2.45) is 46.3 Å². The number of aliphatic hydroxyl groups excluding tert-OH is 2. The normalized spacial score (nSPS) is 45.1. The summed E-state index contributed by atoms with van der Waals surface area (Å²) < 4.78 is 0. The van der Waals surface area contributed by atoms with Crippen LogP contribution in [0.5, 0.6) is 0 Å². The van der Waals surface area contributed by atoms with Gasteiger partial charge in [0.2, 0.25) is 5.91 Å². The fourth-order valence-corrected chi connectivity index (χ4v) is 9.07. The molecule has 4 rings (SSSR count). The summed E-state index contributed by atoms with van der Waals surface area (Å²) in [6.07, 6.45) is 8.92. The van der Waals surface area contributed by atoms with E-state index in [1.165, 1.54) is 25.7 Å². The Morgan fingerprint density at radius 3 is 2.36 bits per heavy atom.